The summed E-state index contributed by atoms with van der Waals surface area (Å²) >= 11 is 1.30. The van der Waals surface area contributed by atoms with Crippen LogP contribution in [0.2, 0.25) is 0 Å². The van der Waals surface area contributed by atoms with Crippen LogP contribution < -0.4 is 0 Å². The van der Waals surface area contributed by atoms with Crippen molar-refractivity contribution in [2.24, 2.45) is 0 Å². The third-order valence-electron chi connectivity index (χ3n) is 1.55. The summed E-state index contributed by atoms with van der Waals surface area (Å²) in [5.74, 6) is 0.722. The van der Waals surface area contributed by atoms with Crippen LogP contribution in [0, 0.1) is 6.92 Å². The fourth-order valence-electron chi connectivity index (χ4n) is 0.869. The molecular formula is C9H12N2OS. The highest BCUT2D eigenvalue weighted by Gasteiger charge is 1.94. The van der Waals surface area contributed by atoms with Crippen LogP contribution >= 0.6 is 11.8 Å². The smallest absolute Gasteiger partial charge is 0.186 e. The molecule has 0 aromatic carbocycles. The molecule has 0 atom stereocenters. The van der Waals surface area contributed by atoms with Crippen molar-refractivity contribution >= 4 is 23.0 Å². The van der Waals surface area contributed by atoms with Crippen LogP contribution in [-0.2, 0) is 4.79 Å². The Balaban J connectivity index is 2.41. The zero-order valence-electron chi connectivity index (χ0n) is 7.70. The summed E-state index contributed by atoms with van der Waals surface area (Å²) < 4.78 is 0. The molecule has 0 radical (unpaired) electrons. The second-order valence-electron chi connectivity index (χ2n) is 2.66. The maximum Gasteiger partial charge on any atom is 0.186 e. The third-order valence-corrected chi connectivity index (χ3v) is 2.31. The number of aromatic amines is 1. The van der Waals surface area contributed by atoms with Gasteiger partial charge in [-0.15, -0.1) is 0 Å². The Morgan fingerprint density at radius 3 is 3.08 bits per heavy atom. The van der Waals surface area contributed by atoms with E-state index in [1.165, 1.54) is 11.8 Å². The Bertz CT molecular complexity index is 317. The van der Waals surface area contributed by atoms with Gasteiger partial charge < -0.3 is 0 Å². The molecule has 1 heterocycles. The topological polar surface area (TPSA) is 45.8 Å². The van der Waals surface area contributed by atoms with Gasteiger partial charge in [0, 0.05) is 23.9 Å². The van der Waals surface area contributed by atoms with Gasteiger partial charge in [0.2, 0.25) is 0 Å². The van der Waals surface area contributed by atoms with Crippen molar-refractivity contribution in [1.82, 2.24) is 10.2 Å². The number of H-pyrrole nitrogens is 1. The average molecular weight is 196 g/mol. The summed E-state index contributed by atoms with van der Waals surface area (Å²) in [6.07, 6.45) is 5.70. The zero-order chi connectivity index (χ0) is 9.68. The van der Waals surface area contributed by atoms with Crippen molar-refractivity contribution in [3.8, 4) is 0 Å². The van der Waals surface area contributed by atoms with Gasteiger partial charge in [0.05, 0.1) is 6.20 Å². The molecular weight excluding hydrogens is 184 g/mol. The first-order valence-corrected chi connectivity index (χ1v) is 4.98. The highest BCUT2D eigenvalue weighted by Crippen LogP contribution is 2.07. The number of carbonyl (C=O) groups is 1. The minimum absolute atomic E-state index is 0.147. The zero-order valence-corrected chi connectivity index (χ0v) is 8.52. The molecule has 0 aliphatic carbocycles. The van der Waals surface area contributed by atoms with Crippen LogP contribution in [0.3, 0.4) is 0 Å². The van der Waals surface area contributed by atoms with Gasteiger partial charge in [-0.2, -0.15) is 5.10 Å². The van der Waals surface area contributed by atoms with Crippen LogP contribution in [-0.4, -0.2) is 21.1 Å². The van der Waals surface area contributed by atoms with E-state index in [4.69, 9.17) is 0 Å². The fraction of sp³-hybridized carbons (Fsp3) is 0.333. The average Bonchev–Trinajstić information content (AvgIpc) is 2.45. The van der Waals surface area contributed by atoms with Gasteiger partial charge in [-0.05, 0) is 6.92 Å². The molecule has 0 fully saturated rings. The Hall–Kier alpha value is -1.03. The lowest BCUT2D eigenvalue weighted by atomic mass is 10.2. The van der Waals surface area contributed by atoms with E-state index in [1.807, 2.05) is 19.1 Å². The number of nitrogens with one attached hydrogen (secondary N) is 1. The SMILES string of the molecule is CC(=O)SCC=Cc1cn[nH]c1C. The van der Waals surface area contributed by atoms with E-state index in [1.54, 1.807) is 13.1 Å². The van der Waals surface area contributed by atoms with Crippen LogP contribution in [0.4, 0.5) is 0 Å². The lowest BCUT2D eigenvalue weighted by Crippen LogP contribution is -1.81. The van der Waals surface area contributed by atoms with Crippen molar-refractivity contribution in [2.75, 3.05) is 5.75 Å². The second-order valence-corrected chi connectivity index (χ2v) is 3.85. The van der Waals surface area contributed by atoms with E-state index >= 15 is 0 Å². The molecule has 70 valence electrons. The minimum Gasteiger partial charge on any atom is -0.288 e. The molecule has 0 unspecified atom stereocenters. The number of rotatable bonds is 3. The molecule has 1 rings (SSSR count). The Kier molecular flexibility index (Phi) is 3.76. The number of nitrogens with zero attached hydrogens (tertiary/aromatic N) is 1. The first-order chi connectivity index (χ1) is 6.20. The number of thioether (sulfide) groups is 1. The van der Waals surface area contributed by atoms with Gasteiger partial charge in [0.25, 0.3) is 0 Å². The quantitative estimate of drug-likeness (QED) is 0.804. The number of aromatic nitrogens is 2. The second kappa shape index (κ2) is 4.87. The van der Waals surface area contributed by atoms with Crippen LogP contribution in [0.15, 0.2) is 12.3 Å². The first kappa shape index (κ1) is 10.1. The highest BCUT2D eigenvalue weighted by molar-refractivity contribution is 8.13. The standard InChI is InChI=1S/C9H12N2OS/c1-7-9(6-10-11-7)4-3-5-13-8(2)12/h3-4,6H,5H2,1-2H3,(H,10,11). The maximum absolute atomic E-state index is 10.6. The first-order valence-electron chi connectivity index (χ1n) is 4.00. The van der Waals surface area contributed by atoms with Crippen molar-refractivity contribution < 1.29 is 4.79 Å². The molecule has 3 nitrogen and oxygen atoms in total. The van der Waals surface area contributed by atoms with Crippen molar-refractivity contribution in [3.63, 3.8) is 0 Å². The van der Waals surface area contributed by atoms with Gasteiger partial charge in [-0.1, -0.05) is 23.9 Å². The molecule has 1 aromatic rings. The Morgan fingerprint density at radius 1 is 1.77 bits per heavy atom. The molecule has 0 spiro atoms. The number of hydrogen-bond acceptors (Lipinski definition) is 3. The monoisotopic (exact) mass is 196 g/mol. The Labute approximate surface area is 81.6 Å². The van der Waals surface area contributed by atoms with Gasteiger partial charge in [0.1, 0.15) is 0 Å². The summed E-state index contributed by atoms with van der Waals surface area (Å²) in [7, 11) is 0. The highest BCUT2D eigenvalue weighted by atomic mass is 32.2. The van der Waals surface area contributed by atoms with E-state index in [0.29, 0.717) is 0 Å². The predicted octanol–water partition coefficient (Wildman–Crippen LogP) is 2.01. The number of hydrogen-bond donors (Lipinski definition) is 1. The van der Waals surface area contributed by atoms with Crippen LogP contribution in [0.25, 0.3) is 6.08 Å². The summed E-state index contributed by atoms with van der Waals surface area (Å²) in [6.45, 7) is 3.53. The van der Waals surface area contributed by atoms with Crippen molar-refractivity contribution in [1.29, 1.82) is 0 Å². The van der Waals surface area contributed by atoms with Gasteiger partial charge in [-0.25, -0.2) is 0 Å². The van der Waals surface area contributed by atoms with Gasteiger partial charge in [0.15, 0.2) is 5.12 Å². The summed E-state index contributed by atoms with van der Waals surface area (Å²) in [6, 6.07) is 0. The molecule has 0 aliphatic heterocycles. The number of aryl methyl sites for hydroxylation is 1. The summed E-state index contributed by atoms with van der Waals surface area (Å²) in [4.78, 5) is 10.6. The van der Waals surface area contributed by atoms with Crippen molar-refractivity contribution in [3.05, 3.63) is 23.5 Å². The Morgan fingerprint density at radius 2 is 2.54 bits per heavy atom. The molecule has 1 N–H and O–H groups in total. The van der Waals surface area contributed by atoms with Crippen molar-refractivity contribution in [2.45, 2.75) is 13.8 Å². The fourth-order valence-corrected chi connectivity index (χ4v) is 1.30. The summed E-state index contributed by atoms with van der Waals surface area (Å²) in [5, 5.41) is 6.88. The van der Waals surface area contributed by atoms with Gasteiger partial charge in [-0.3, -0.25) is 9.89 Å². The minimum atomic E-state index is 0.147. The van der Waals surface area contributed by atoms with E-state index in [0.717, 1.165) is 17.0 Å². The van der Waals surface area contributed by atoms with Crippen LogP contribution in [0.1, 0.15) is 18.2 Å². The molecule has 0 saturated heterocycles. The normalized spacial score (nSPS) is 10.9. The molecule has 0 amide bonds. The van der Waals surface area contributed by atoms with Gasteiger partial charge >= 0.3 is 0 Å². The molecule has 13 heavy (non-hydrogen) atoms. The molecule has 0 aliphatic rings. The maximum atomic E-state index is 10.6. The van der Waals surface area contributed by atoms with E-state index in [9.17, 15) is 4.79 Å². The van der Waals surface area contributed by atoms with E-state index < -0.39 is 0 Å². The number of carbonyl (C=O) groups excluding carboxylic acids is 1. The molecule has 0 saturated carbocycles. The molecule has 0 bridgehead atoms. The third kappa shape index (κ3) is 3.46. The van der Waals surface area contributed by atoms with Crippen LogP contribution in [0.5, 0.6) is 0 Å². The largest absolute Gasteiger partial charge is 0.288 e. The van der Waals surface area contributed by atoms with E-state index in [-0.39, 0.29) is 5.12 Å². The summed E-state index contributed by atoms with van der Waals surface area (Å²) in [5.41, 5.74) is 2.12. The van der Waals surface area contributed by atoms with E-state index in [2.05, 4.69) is 10.2 Å². The lowest BCUT2D eigenvalue weighted by Gasteiger charge is -1.89. The lowest BCUT2D eigenvalue weighted by molar-refractivity contribution is -0.109. The molecule has 1 aromatic heterocycles. The predicted molar refractivity (Wildman–Crippen MR) is 55.5 cm³/mol. The molecule has 4 heteroatoms.